The standard InChI is InChI=1S/C12H13N3O2S/c1-8-10(18-7-13-8)6-15(2)11-5-3-4-9(14-11)12(16)17/h3-5,7H,6H2,1-2H3,(H,16,17). The van der Waals surface area contributed by atoms with Gasteiger partial charge in [-0.05, 0) is 19.1 Å². The van der Waals surface area contributed by atoms with E-state index in [-0.39, 0.29) is 5.69 Å². The molecule has 0 saturated heterocycles. The van der Waals surface area contributed by atoms with Gasteiger partial charge in [-0.2, -0.15) is 0 Å². The number of carboxylic acid groups (broad SMARTS) is 1. The van der Waals surface area contributed by atoms with E-state index in [1.807, 2.05) is 18.9 Å². The number of anilines is 1. The van der Waals surface area contributed by atoms with Gasteiger partial charge in [0.05, 0.1) is 17.7 Å². The Hall–Kier alpha value is -1.95. The molecule has 2 heterocycles. The van der Waals surface area contributed by atoms with E-state index in [0.717, 1.165) is 10.6 Å². The fourth-order valence-electron chi connectivity index (χ4n) is 1.53. The zero-order chi connectivity index (χ0) is 13.1. The third-order valence-electron chi connectivity index (χ3n) is 2.57. The second-order valence-corrected chi connectivity index (χ2v) is 4.84. The second kappa shape index (κ2) is 5.14. The fraction of sp³-hybridized carbons (Fsp3) is 0.250. The van der Waals surface area contributed by atoms with Crippen molar-refractivity contribution >= 4 is 23.1 Å². The van der Waals surface area contributed by atoms with Crippen molar-refractivity contribution in [2.75, 3.05) is 11.9 Å². The van der Waals surface area contributed by atoms with Crippen LogP contribution in [0.3, 0.4) is 0 Å². The molecule has 94 valence electrons. The first kappa shape index (κ1) is 12.5. The summed E-state index contributed by atoms with van der Waals surface area (Å²) < 4.78 is 0. The van der Waals surface area contributed by atoms with Gasteiger partial charge in [0.1, 0.15) is 5.82 Å². The summed E-state index contributed by atoms with van der Waals surface area (Å²) in [6.07, 6.45) is 0. The van der Waals surface area contributed by atoms with Gasteiger partial charge in [0.15, 0.2) is 5.69 Å². The molecule has 0 fully saturated rings. The molecule has 0 unspecified atom stereocenters. The van der Waals surface area contributed by atoms with Crippen LogP contribution in [-0.2, 0) is 6.54 Å². The van der Waals surface area contributed by atoms with Crippen LogP contribution in [0.4, 0.5) is 5.82 Å². The summed E-state index contributed by atoms with van der Waals surface area (Å²) in [4.78, 5) is 22.2. The number of thiazole rings is 1. The number of pyridine rings is 1. The van der Waals surface area contributed by atoms with E-state index in [2.05, 4.69) is 9.97 Å². The fourth-order valence-corrected chi connectivity index (χ4v) is 2.36. The molecule has 2 aromatic heterocycles. The molecule has 0 saturated carbocycles. The van der Waals surface area contributed by atoms with E-state index in [1.54, 1.807) is 29.0 Å². The van der Waals surface area contributed by atoms with E-state index in [4.69, 9.17) is 5.11 Å². The van der Waals surface area contributed by atoms with Crippen molar-refractivity contribution in [3.63, 3.8) is 0 Å². The summed E-state index contributed by atoms with van der Waals surface area (Å²) in [6.45, 7) is 2.63. The lowest BCUT2D eigenvalue weighted by atomic mass is 10.3. The normalized spacial score (nSPS) is 10.3. The third-order valence-corrected chi connectivity index (χ3v) is 3.49. The molecule has 2 rings (SSSR count). The number of rotatable bonds is 4. The maximum atomic E-state index is 10.9. The maximum absolute atomic E-state index is 10.9. The molecule has 0 aliphatic rings. The Morgan fingerprint density at radius 3 is 2.89 bits per heavy atom. The topological polar surface area (TPSA) is 66.3 Å². The number of aromatic nitrogens is 2. The predicted molar refractivity (Wildman–Crippen MR) is 70.2 cm³/mol. The number of aryl methyl sites for hydroxylation is 1. The number of hydrogen-bond acceptors (Lipinski definition) is 5. The molecule has 0 bridgehead atoms. The second-order valence-electron chi connectivity index (χ2n) is 3.90. The Morgan fingerprint density at radius 1 is 1.50 bits per heavy atom. The minimum absolute atomic E-state index is 0.0559. The van der Waals surface area contributed by atoms with Gasteiger partial charge >= 0.3 is 5.97 Å². The van der Waals surface area contributed by atoms with Crippen molar-refractivity contribution in [1.82, 2.24) is 9.97 Å². The Balaban J connectivity index is 2.18. The van der Waals surface area contributed by atoms with E-state index >= 15 is 0 Å². The maximum Gasteiger partial charge on any atom is 0.354 e. The van der Waals surface area contributed by atoms with Gasteiger partial charge in [0, 0.05) is 11.9 Å². The lowest BCUT2D eigenvalue weighted by Gasteiger charge is -2.17. The Bertz CT molecular complexity index is 568. The van der Waals surface area contributed by atoms with Crippen LogP contribution in [0.15, 0.2) is 23.7 Å². The average molecular weight is 263 g/mol. The van der Waals surface area contributed by atoms with Crippen molar-refractivity contribution in [3.8, 4) is 0 Å². The molecule has 0 spiro atoms. The van der Waals surface area contributed by atoms with Crippen LogP contribution in [0.2, 0.25) is 0 Å². The molecule has 2 aromatic rings. The van der Waals surface area contributed by atoms with Crippen LogP contribution in [0.1, 0.15) is 21.1 Å². The molecule has 18 heavy (non-hydrogen) atoms. The quantitative estimate of drug-likeness (QED) is 0.915. The van der Waals surface area contributed by atoms with Gasteiger partial charge in [-0.3, -0.25) is 0 Å². The van der Waals surface area contributed by atoms with Crippen LogP contribution in [0.5, 0.6) is 0 Å². The van der Waals surface area contributed by atoms with Crippen LogP contribution >= 0.6 is 11.3 Å². The lowest BCUT2D eigenvalue weighted by Crippen LogP contribution is -2.18. The van der Waals surface area contributed by atoms with Crippen molar-refractivity contribution in [2.24, 2.45) is 0 Å². The molecule has 0 aliphatic heterocycles. The van der Waals surface area contributed by atoms with Crippen LogP contribution < -0.4 is 4.90 Å². The highest BCUT2D eigenvalue weighted by atomic mass is 32.1. The first-order valence-corrected chi connectivity index (χ1v) is 6.26. The summed E-state index contributed by atoms with van der Waals surface area (Å²) in [6, 6.07) is 4.97. The number of hydrogen-bond donors (Lipinski definition) is 1. The monoisotopic (exact) mass is 263 g/mol. The lowest BCUT2D eigenvalue weighted by molar-refractivity contribution is 0.0690. The van der Waals surface area contributed by atoms with Crippen molar-refractivity contribution < 1.29 is 9.90 Å². The van der Waals surface area contributed by atoms with Crippen LogP contribution in [0.25, 0.3) is 0 Å². The van der Waals surface area contributed by atoms with E-state index in [1.165, 1.54) is 6.07 Å². The minimum Gasteiger partial charge on any atom is -0.477 e. The van der Waals surface area contributed by atoms with Crippen LogP contribution in [0, 0.1) is 6.92 Å². The predicted octanol–water partition coefficient (Wildman–Crippen LogP) is 2.18. The molecule has 5 nitrogen and oxygen atoms in total. The zero-order valence-electron chi connectivity index (χ0n) is 10.1. The summed E-state index contributed by atoms with van der Waals surface area (Å²) in [5.41, 5.74) is 2.86. The van der Waals surface area contributed by atoms with Crippen LogP contribution in [-0.4, -0.2) is 28.1 Å². The van der Waals surface area contributed by atoms with E-state index in [0.29, 0.717) is 12.4 Å². The number of carboxylic acids is 1. The first-order chi connectivity index (χ1) is 8.58. The summed E-state index contributed by atoms with van der Waals surface area (Å²) >= 11 is 1.59. The van der Waals surface area contributed by atoms with Gasteiger partial charge in [-0.1, -0.05) is 6.07 Å². The van der Waals surface area contributed by atoms with E-state index in [9.17, 15) is 4.79 Å². The van der Waals surface area contributed by atoms with Crippen molar-refractivity contribution in [3.05, 3.63) is 40.0 Å². The van der Waals surface area contributed by atoms with E-state index < -0.39 is 5.97 Å². The zero-order valence-corrected chi connectivity index (χ0v) is 10.9. The van der Waals surface area contributed by atoms with Gasteiger partial charge in [0.2, 0.25) is 0 Å². The molecular weight excluding hydrogens is 250 g/mol. The molecule has 0 radical (unpaired) electrons. The molecule has 0 aliphatic carbocycles. The molecule has 0 amide bonds. The average Bonchev–Trinajstić information content (AvgIpc) is 2.75. The number of nitrogens with zero attached hydrogens (tertiary/aromatic N) is 3. The SMILES string of the molecule is Cc1ncsc1CN(C)c1cccc(C(=O)O)n1. The first-order valence-electron chi connectivity index (χ1n) is 5.38. The van der Waals surface area contributed by atoms with Gasteiger partial charge in [0.25, 0.3) is 0 Å². The molecular formula is C12H13N3O2S. The molecule has 0 atom stereocenters. The van der Waals surface area contributed by atoms with Gasteiger partial charge in [-0.25, -0.2) is 14.8 Å². The highest BCUT2D eigenvalue weighted by Gasteiger charge is 2.10. The Kier molecular flexibility index (Phi) is 3.57. The third kappa shape index (κ3) is 2.65. The minimum atomic E-state index is -1.01. The number of aromatic carboxylic acids is 1. The summed E-state index contributed by atoms with van der Waals surface area (Å²) in [5, 5.41) is 8.90. The molecule has 0 aromatic carbocycles. The van der Waals surface area contributed by atoms with Crippen molar-refractivity contribution in [2.45, 2.75) is 13.5 Å². The Morgan fingerprint density at radius 2 is 2.28 bits per heavy atom. The van der Waals surface area contributed by atoms with Gasteiger partial charge in [-0.15, -0.1) is 11.3 Å². The largest absolute Gasteiger partial charge is 0.477 e. The number of carbonyl (C=O) groups is 1. The Labute approximate surface area is 109 Å². The van der Waals surface area contributed by atoms with Crippen molar-refractivity contribution in [1.29, 1.82) is 0 Å². The highest BCUT2D eigenvalue weighted by molar-refractivity contribution is 7.09. The highest BCUT2D eigenvalue weighted by Crippen LogP contribution is 2.18. The summed E-state index contributed by atoms with van der Waals surface area (Å²) in [5.74, 6) is -0.373. The molecule has 1 N–H and O–H groups in total. The smallest absolute Gasteiger partial charge is 0.354 e. The van der Waals surface area contributed by atoms with Gasteiger partial charge < -0.3 is 10.0 Å². The summed E-state index contributed by atoms with van der Waals surface area (Å²) in [7, 11) is 1.88. The molecule has 6 heteroatoms.